The van der Waals surface area contributed by atoms with Gasteiger partial charge in [0.25, 0.3) is 0 Å². The van der Waals surface area contributed by atoms with Gasteiger partial charge in [-0.05, 0) is 31.5 Å². The van der Waals surface area contributed by atoms with Crippen LogP contribution < -0.4 is 10.6 Å². The van der Waals surface area contributed by atoms with E-state index in [4.69, 9.17) is 4.52 Å². The fraction of sp³-hybridized carbons (Fsp3) is 0.375. The van der Waals surface area contributed by atoms with Crippen LogP contribution in [0.3, 0.4) is 0 Å². The van der Waals surface area contributed by atoms with Gasteiger partial charge in [-0.1, -0.05) is 11.2 Å². The van der Waals surface area contributed by atoms with Gasteiger partial charge in [0.05, 0.1) is 6.54 Å². The molecule has 0 aliphatic heterocycles. The van der Waals surface area contributed by atoms with Crippen molar-refractivity contribution in [2.75, 3.05) is 17.2 Å². The quantitative estimate of drug-likeness (QED) is 0.877. The molecular weight excluding hydrogens is 310 g/mol. The van der Waals surface area contributed by atoms with Crippen molar-refractivity contribution in [1.29, 1.82) is 0 Å². The first kappa shape index (κ1) is 17.5. The number of anilines is 2. The fourth-order valence-corrected chi connectivity index (χ4v) is 2.14. The highest BCUT2D eigenvalue weighted by Crippen LogP contribution is 2.21. The summed E-state index contributed by atoms with van der Waals surface area (Å²) in [7, 11) is 0. The van der Waals surface area contributed by atoms with Gasteiger partial charge in [-0.3, -0.25) is 4.79 Å². The highest BCUT2D eigenvalue weighted by molar-refractivity contribution is 5.93. The molecule has 0 radical (unpaired) electrons. The Morgan fingerprint density at radius 1 is 1.25 bits per heavy atom. The number of aryl methyl sites for hydroxylation is 2. The van der Waals surface area contributed by atoms with Gasteiger partial charge in [0.1, 0.15) is 0 Å². The Morgan fingerprint density at radius 2 is 2.00 bits per heavy atom. The van der Waals surface area contributed by atoms with Gasteiger partial charge in [-0.15, -0.1) is 0 Å². The van der Waals surface area contributed by atoms with Crippen LogP contribution >= 0.6 is 0 Å². The number of carbonyl (C=O) groups is 2. The van der Waals surface area contributed by atoms with Crippen molar-refractivity contribution in [3.63, 3.8) is 0 Å². The van der Waals surface area contributed by atoms with Crippen LogP contribution in [0.4, 0.5) is 16.2 Å². The molecule has 3 amide bonds. The van der Waals surface area contributed by atoms with Gasteiger partial charge >= 0.3 is 6.03 Å². The lowest BCUT2D eigenvalue weighted by Crippen LogP contribution is -2.34. The Bertz CT molecular complexity index is 741. The second-order valence-electron chi connectivity index (χ2n) is 5.38. The first-order valence-corrected chi connectivity index (χ1v) is 7.62. The Kier molecular flexibility index (Phi) is 5.51. The van der Waals surface area contributed by atoms with Crippen molar-refractivity contribution >= 4 is 23.3 Å². The minimum atomic E-state index is -0.275. The van der Waals surface area contributed by atoms with Crippen LogP contribution in [0.15, 0.2) is 22.7 Å². The van der Waals surface area contributed by atoms with Crippen molar-refractivity contribution in [3.05, 3.63) is 35.5 Å². The van der Waals surface area contributed by atoms with Crippen LogP contribution in [0.2, 0.25) is 0 Å². The van der Waals surface area contributed by atoms with E-state index in [1.165, 1.54) is 6.92 Å². The molecule has 0 atom stereocenters. The number of nitrogens with zero attached hydrogens (tertiary/aromatic N) is 3. The minimum absolute atomic E-state index is 0.168. The van der Waals surface area contributed by atoms with Crippen LogP contribution in [0.1, 0.15) is 31.1 Å². The summed E-state index contributed by atoms with van der Waals surface area (Å²) in [6.07, 6.45) is 0. The molecule has 0 fully saturated rings. The standard InChI is InChI=1S/C16H21N5O3/c1-5-21(9-15-18-12(4)24-20-15)16(23)19-14-8-13(17-11(3)22)7-6-10(14)2/h6-8H,5,9H2,1-4H3,(H,17,22)(H,19,23). The van der Waals surface area contributed by atoms with E-state index in [2.05, 4.69) is 20.8 Å². The molecule has 0 unspecified atom stereocenters. The van der Waals surface area contributed by atoms with E-state index >= 15 is 0 Å². The molecule has 24 heavy (non-hydrogen) atoms. The average molecular weight is 331 g/mol. The number of aromatic nitrogens is 2. The predicted molar refractivity (Wildman–Crippen MR) is 89.6 cm³/mol. The Hall–Kier alpha value is -2.90. The van der Waals surface area contributed by atoms with Crippen LogP contribution in [0, 0.1) is 13.8 Å². The molecular formula is C16H21N5O3. The summed E-state index contributed by atoms with van der Waals surface area (Å²) in [4.78, 5) is 29.3. The maximum Gasteiger partial charge on any atom is 0.322 e. The molecule has 128 valence electrons. The van der Waals surface area contributed by atoms with E-state index < -0.39 is 0 Å². The number of carbonyl (C=O) groups excluding carboxylic acids is 2. The van der Waals surface area contributed by atoms with Crippen molar-refractivity contribution in [3.8, 4) is 0 Å². The highest BCUT2D eigenvalue weighted by atomic mass is 16.5. The molecule has 0 bridgehead atoms. The zero-order chi connectivity index (χ0) is 17.7. The topological polar surface area (TPSA) is 100 Å². The predicted octanol–water partition coefficient (Wildman–Crippen LogP) is 2.70. The summed E-state index contributed by atoms with van der Waals surface area (Å²) < 4.78 is 4.92. The lowest BCUT2D eigenvalue weighted by molar-refractivity contribution is -0.114. The SMILES string of the molecule is CCN(Cc1noc(C)n1)C(=O)Nc1cc(NC(C)=O)ccc1C. The summed E-state index contributed by atoms with van der Waals surface area (Å²) in [5.74, 6) is 0.743. The molecule has 0 aliphatic carbocycles. The normalized spacial score (nSPS) is 10.3. The van der Waals surface area contributed by atoms with Gasteiger partial charge in [0.2, 0.25) is 11.8 Å². The Morgan fingerprint density at radius 3 is 2.58 bits per heavy atom. The molecule has 1 heterocycles. The maximum atomic E-state index is 12.5. The molecule has 0 aliphatic rings. The lowest BCUT2D eigenvalue weighted by Gasteiger charge is -2.20. The van der Waals surface area contributed by atoms with E-state index in [1.54, 1.807) is 24.0 Å². The van der Waals surface area contributed by atoms with Crippen LogP contribution in [-0.4, -0.2) is 33.5 Å². The summed E-state index contributed by atoms with van der Waals surface area (Å²) in [5, 5.41) is 9.35. The third kappa shape index (κ3) is 4.55. The molecule has 0 saturated carbocycles. The average Bonchev–Trinajstić information content (AvgIpc) is 2.92. The summed E-state index contributed by atoms with van der Waals surface area (Å²) >= 11 is 0. The van der Waals surface area contributed by atoms with Gasteiger partial charge in [-0.2, -0.15) is 4.98 Å². The number of hydrogen-bond acceptors (Lipinski definition) is 5. The largest absolute Gasteiger partial charge is 0.340 e. The number of nitrogens with one attached hydrogen (secondary N) is 2. The minimum Gasteiger partial charge on any atom is -0.340 e. The molecule has 2 N–H and O–H groups in total. The summed E-state index contributed by atoms with van der Waals surface area (Å²) in [6, 6.07) is 5.07. The van der Waals surface area contributed by atoms with Crippen molar-refractivity contribution in [2.24, 2.45) is 0 Å². The zero-order valence-corrected chi connectivity index (χ0v) is 14.2. The van der Waals surface area contributed by atoms with E-state index in [0.29, 0.717) is 29.6 Å². The molecule has 2 rings (SSSR count). The molecule has 0 saturated heterocycles. The lowest BCUT2D eigenvalue weighted by atomic mass is 10.2. The maximum absolute atomic E-state index is 12.5. The third-order valence-corrected chi connectivity index (χ3v) is 3.37. The third-order valence-electron chi connectivity index (χ3n) is 3.37. The molecule has 2 aromatic rings. The monoisotopic (exact) mass is 331 g/mol. The first-order valence-electron chi connectivity index (χ1n) is 7.62. The van der Waals surface area contributed by atoms with E-state index in [-0.39, 0.29) is 18.5 Å². The van der Waals surface area contributed by atoms with Crippen LogP contribution in [0.25, 0.3) is 0 Å². The zero-order valence-electron chi connectivity index (χ0n) is 14.2. The van der Waals surface area contributed by atoms with Gasteiger partial charge < -0.3 is 20.1 Å². The van der Waals surface area contributed by atoms with Gasteiger partial charge in [0.15, 0.2) is 5.82 Å². The number of benzene rings is 1. The second-order valence-corrected chi connectivity index (χ2v) is 5.38. The second kappa shape index (κ2) is 7.58. The first-order chi connectivity index (χ1) is 11.4. The number of hydrogen-bond donors (Lipinski definition) is 2. The van der Waals surface area contributed by atoms with Crippen molar-refractivity contribution in [2.45, 2.75) is 34.2 Å². The Labute approximate surface area is 140 Å². The molecule has 1 aromatic heterocycles. The number of rotatable bonds is 5. The van der Waals surface area contributed by atoms with Crippen molar-refractivity contribution < 1.29 is 14.1 Å². The smallest absolute Gasteiger partial charge is 0.322 e. The Balaban J connectivity index is 2.10. The number of urea groups is 1. The van der Waals surface area contributed by atoms with Crippen LogP contribution in [0.5, 0.6) is 0 Å². The van der Waals surface area contributed by atoms with Crippen molar-refractivity contribution in [1.82, 2.24) is 15.0 Å². The van der Waals surface area contributed by atoms with Gasteiger partial charge in [-0.25, -0.2) is 4.79 Å². The summed E-state index contributed by atoms with van der Waals surface area (Å²) in [6.45, 7) is 7.63. The molecule has 8 nitrogen and oxygen atoms in total. The number of amides is 3. The summed E-state index contributed by atoms with van der Waals surface area (Å²) in [5.41, 5.74) is 2.15. The van der Waals surface area contributed by atoms with Crippen LogP contribution in [-0.2, 0) is 11.3 Å². The highest BCUT2D eigenvalue weighted by Gasteiger charge is 2.16. The van der Waals surface area contributed by atoms with E-state index in [0.717, 1.165) is 5.56 Å². The molecule has 0 spiro atoms. The fourth-order valence-electron chi connectivity index (χ4n) is 2.14. The molecule has 1 aromatic carbocycles. The van der Waals surface area contributed by atoms with E-state index in [9.17, 15) is 9.59 Å². The van der Waals surface area contributed by atoms with E-state index in [1.807, 2.05) is 19.9 Å². The molecule has 8 heteroatoms. The van der Waals surface area contributed by atoms with Gasteiger partial charge in [0, 0.05) is 31.8 Å².